The zero-order chi connectivity index (χ0) is 36.2. The summed E-state index contributed by atoms with van der Waals surface area (Å²) < 4.78 is 23.2. The molecule has 4 heterocycles. The number of rotatable bonds is 10. The van der Waals surface area contributed by atoms with Crippen molar-refractivity contribution < 1.29 is 37.5 Å². The summed E-state index contributed by atoms with van der Waals surface area (Å²) in [5.41, 5.74) is 2.30. The van der Waals surface area contributed by atoms with Crippen molar-refractivity contribution in [3.05, 3.63) is 101 Å². The van der Waals surface area contributed by atoms with Crippen LogP contribution in [0.2, 0.25) is 0 Å². The zero-order valence-electron chi connectivity index (χ0n) is 28.5. The van der Waals surface area contributed by atoms with Crippen LogP contribution in [-0.4, -0.2) is 50.5 Å². The number of nitrogens with zero attached hydrogens (tertiary/aromatic N) is 3. The van der Waals surface area contributed by atoms with Crippen LogP contribution in [0.15, 0.2) is 81.8 Å². The maximum Gasteiger partial charge on any atom is 0.399 e. The number of piperidine rings is 1. The van der Waals surface area contributed by atoms with Gasteiger partial charge in [0.25, 0.3) is 17.7 Å². The van der Waals surface area contributed by atoms with Crippen molar-refractivity contribution in [1.29, 1.82) is 0 Å². The number of fused-ring (bicyclic) bond motifs is 1. The van der Waals surface area contributed by atoms with E-state index in [0.717, 1.165) is 11.1 Å². The van der Waals surface area contributed by atoms with E-state index >= 15 is 0 Å². The molecule has 3 aliphatic rings. The van der Waals surface area contributed by atoms with Gasteiger partial charge >= 0.3 is 6.08 Å². The van der Waals surface area contributed by atoms with Crippen LogP contribution in [-0.2, 0) is 15.0 Å². The quantitative estimate of drug-likeness (QED) is 0.156. The first-order valence-corrected chi connectivity index (χ1v) is 16.9. The lowest BCUT2D eigenvalue weighted by Gasteiger charge is -2.52. The Labute approximate surface area is 297 Å². The third kappa shape index (κ3) is 6.05. The summed E-state index contributed by atoms with van der Waals surface area (Å²) in [5, 5.41) is 16.0. The minimum atomic E-state index is -0.705. The Bertz CT molecular complexity index is 2220. The number of aromatic nitrogens is 3. The van der Waals surface area contributed by atoms with Crippen LogP contribution in [0, 0.1) is 12.8 Å². The van der Waals surface area contributed by atoms with Crippen LogP contribution >= 0.6 is 0 Å². The first-order chi connectivity index (χ1) is 25.0. The van der Waals surface area contributed by atoms with E-state index in [9.17, 15) is 19.2 Å². The number of carbonyl (C=O) groups is 4. The van der Waals surface area contributed by atoms with Crippen LogP contribution in [0.3, 0.4) is 0 Å². The Morgan fingerprint density at radius 2 is 1.54 bits per heavy atom. The lowest BCUT2D eigenvalue weighted by atomic mass is 9.63. The fraction of sp³-hybridized carbons (Fsp3) is 0.289. The van der Waals surface area contributed by atoms with Crippen molar-refractivity contribution >= 4 is 29.3 Å². The van der Waals surface area contributed by atoms with Gasteiger partial charge in [-0.25, -0.2) is 0 Å². The molecule has 3 N–H and O–H groups in total. The third-order valence-electron chi connectivity index (χ3n) is 10.1. The molecule has 1 aliphatic carbocycles. The monoisotopic (exact) mass is 702 g/mol. The average molecular weight is 703 g/mol. The van der Waals surface area contributed by atoms with Crippen LogP contribution in [0.5, 0.6) is 17.6 Å². The summed E-state index contributed by atoms with van der Waals surface area (Å²) in [6, 6.07) is 20.6. The topological polar surface area (TPSA) is 188 Å². The molecule has 0 radical (unpaired) electrons. The van der Waals surface area contributed by atoms with Gasteiger partial charge in [-0.15, -0.1) is 10.2 Å². The number of hydrogen-bond acceptors (Lipinski definition) is 12. The second kappa shape index (κ2) is 12.5. The number of amides is 4. The summed E-state index contributed by atoms with van der Waals surface area (Å²) in [4.78, 5) is 53.5. The summed E-state index contributed by atoms with van der Waals surface area (Å²) in [6.45, 7) is 5.96. The molecule has 5 aromatic rings. The van der Waals surface area contributed by atoms with E-state index in [-0.39, 0.29) is 47.3 Å². The van der Waals surface area contributed by atoms with Crippen LogP contribution in [0.25, 0.3) is 11.7 Å². The van der Waals surface area contributed by atoms with Gasteiger partial charge in [0.05, 0.1) is 28.8 Å². The molecular weight excluding hydrogens is 668 g/mol. The van der Waals surface area contributed by atoms with Crippen molar-refractivity contribution in [2.45, 2.75) is 63.5 Å². The molecular formula is C38H34N6O8. The minimum Gasteiger partial charge on any atom is -0.490 e. The van der Waals surface area contributed by atoms with Gasteiger partial charge in [0, 0.05) is 37.3 Å². The first-order valence-electron chi connectivity index (χ1n) is 16.9. The summed E-state index contributed by atoms with van der Waals surface area (Å²) in [6.07, 6.45) is 2.95. The SMILES string of the molecule is Cc1nnc(-c2cnc(Oc3ccc(C(C)(C)c4ccc(OC5CC(Nc6ccc7c(c6)C(=O)NC7=O)(C6CCC(=O)NC6=O)C5)cc4)cc3)o2)o1. The molecule has 4 amide bonds. The summed E-state index contributed by atoms with van der Waals surface area (Å²) in [5.74, 6) is 0.209. The molecule has 14 heteroatoms. The molecule has 1 unspecified atom stereocenters. The van der Waals surface area contributed by atoms with Gasteiger partial charge in [0.2, 0.25) is 23.5 Å². The predicted octanol–water partition coefficient (Wildman–Crippen LogP) is 5.48. The molecule has 1 saturated heterocycles. The highest BCUT2D eigenvalue weighted by Gasteiger charge is 2.55. The van der Waals surface area contributed by atoms with Gasteiger partial charge in [0.1, 0.15) is 17.6 Å². The number of nitrogens with one attached hydrogen (secondary N) is 3. The lowest BCUT2D eigenvalue weighted by molar-refractivity contribution is -0.140. The van der Waals surface area contributed by atoms with E-state index in [1.165, 1.54) is 6.20 Å². The number of ether oxygens (including phenoxy) is 2. The highest BCUT2D eigenvalue weighted by atomic mass is 16.6. The van der Waals surface area contributed by atoms with Gasteiger partial charge in [0.15, 0.2) is 0 Å². The number of benzene rings is 3. The van der Waals surface area contributed by atoms with Crippen molar-refractivity contribution in [2.75, 3.05) is 5.32 Å². The second-order valence-electron chi connectivity index (χ2n) is 13.9. The molecule has 2 fully saturated rings. The smallest absolute Gasteiger partial charge is 0.399 e. The van der Waals surface area contributed by atoms with E-state index in [4.69, 9.17) is 18.3 Å². The lowest BCUT2D eigenvalue weighted by Crippen LogP contribution is -2.64. The van der Waals surface area contributed by atoms with Gasteiger partial charge < -0.3 is 23.6 Å². The van der Waals surface area contributed by atoms with E-state index in [1.807, 2.05) is 48.5 Å². The normalized spacial score (nSPS) is 21.2. The van der Waals surface area contributed by atoms with E-state index in [1.54, 1.807) is 25.1 Å². The van der Waals surface area contributed by atoms with Crippen molar-refractivity contribution in [3.8, 4) is 29.2 Å². The molecule has 3 aromatic carbocycles. The standard InChI is InChI=1S/C38H34N6O8/c1-20-43-44-35(49-20)30-19-39-36(52-30)51-25-11-6-22(7-12-25)37(2,3)21-4-9-24(10-5-21)50-26-17-38(18-26,29-14-15-31(45)40-34(29)48)42-23-8-13-27-28(16-23)33(47)41-32(27)46/h4-13,16,19,26,29,42H,14-15,17-18H2,1-3H3,(H,40,45,48)(H,41,46,47). The summed E-state index contributed by atoms with van der Waals surface area (Å²) >= 11 is 0. The fourth-order valence-electron chi connectivity index (χ4n) is 7.21. The fourth-order valence-corrected chi connectivity index (χ4v) is 7.21. The number of aryl methyl sites for hydroxylation is 1. The number of carbonyl (C=O) groups excluding carboxylic acids is 4. The predicted molar refractivity (Wildman–Crippen MR) is 184 cm³/mol. The van der Waals surface area contributed by atoms with Crippen LogP contribution < -0.4 is 25.4 Å². The maximum absolute atomic E-state index is 13.0. The van der Waals surface area contributed by atoms with E-state index in [0.29, 0.717) is 53.7 Å². The zero-order valence-corrected chi connectivity index (χ0v) is 28.5. The molecule has 2 aliphatic heterocycles. The van der Waals surface area contributed by atoms with Crippen molar-refractivity contribution in [1.82, 2.24) is 25.8 Å². The molecule has 264 valence electrons. The molecule has 8 rings (SSSR count). The third-order valence-corrected chi connectivity index (χ3v) is 10.1. The highest BCUT2D eigenvalue weighted by Crippen LogP contribution is 2.46. The molecule has 14 nitrogen and oxygen atoms in total. The minimum absolute atomic E-state index is 0.0556. The molecule has 1 saturated carbocycles. The number of anilines is 1. The second-order valence-corrected chi connectivity index (χ2v) is 13.9. The van der Waals surface area contributed by atoms with Gasteiger partial charge in [-0.3, -0.25) is 29.8 Å². The highest BCUT2D eigenvalue weighted by molar-refractivity contribution is 6.21. The maximum atomic E-state index is 13.0. The average Bonchev–Trinajstić information content (AvgIpc) is 3.83. The largest absolute Gasteiger partial charge is 0.490 e. The Kier molecular flexibility index (Phi) is 7.89. The molecule has 2 aromatic heterocycles. The molecule has 1 atom stereocenters. The Morgan fingerprint density at radius 1 is 0.846 bits per heavy atom. The van der Waals surface area contributed by atoms with Gasteiger partial charge in [-0.05, 0) is 60.0 Å². The first kappa shape index (κ1) is 32.9. The van der Waals surface area contributed by atoms with Gasteiger partial charge in [-0.2, -0.15) is 4.98 Å². The van der Waals surface area contributed by atoms with Crippen molar-refractivity contribution in [2.24, 2.45) is 5.92 Å². The van der Waals surface area contributed by atoms with Gasteiger partial charge in [-0.1, -0.05) is 38.1 Å². The van der Waals surface area contributed by atoms with E-state index in [2.05, 4.69) is 45.0 Å². The number of oxazole rings is 1. The Hall–Kier alpha value is -6.31. The summed E-state index contributed by atoms with van der Waals surface area (Å²) in [7, 11) is 0. The Morgan fingerprint density at radius 3 is 2.21 bits per heavy atom. The molecule has 52 heavy (non-hydrogen) atoms. The van der Waals surface area contributed by atoms with Crippen LogP contribution in [0.4, 0.5) is 5.69 Å². The number of imide groups is 2. The van der Waals surface area contributed by atoms with Crippen molar-refractivity contribution in [3.63, 3.8) is 0 Å². The molecule has 0 spiro atoms. The Balaban J connectivity index is 0.924. The molecule has 0 bridgehead atoms. The van der Waals surface area contributed by atoms with E-state index < -0.39 is 23.3 Å². The van der Waals surface area contributed by atoms with Crippen LogP contribution in [0.1, 0.15) is 77.3 Å². The number of hydrogen-bond donors (Lipinski definition) is 3.